The van der Waals surface area contributed by atoms with Crippen LogP contribution in [0, 0.1) is 0 Å². The van der Waals surface area contributed by atoms with E-state index in [2.05, 4.69) is 37.9 Å². The molecule has 0 bridgehead atoms. The summed E-state index contributed by atoms with van der Waals surface area (Å²) in [6.07, 6.45) is 6.40. The molecule has 0 aliphatic rings. The Balaban J connectivity index is 4.08. The number of hydrogen-bond donors (Lipinski definition) is 1. The molecule has 0 spiro atoms. The highest BCUT2D eigenvalue weighted by atomic mass is 15.2. The molecule has 1 atom stereocenters. The molecule has 0 aromatic heterocycles. The number of nitrogens with one attached hydrogen (secondary N) is 1. The summed E-state index contributed by atoms with van der Waals surface area (Å²) in [6, 6.07) is 0.747. The van der Waals surface area contributed by atoms with Gasteiger partial charge >= 0.3 is 0 Å². The van der Waals surface area contributed by atoms with Gasteiger partial charge in [0.15, 0.2) is 0 Å². The molecule has 0 heterocycles. The summed E-state index contributed by atoms with van der Waals surface area (Å²) in [5.74, 6) is 0. The van der Waals surface area contributed by atoms with Crippen LogP contribution in [0.25, 0.3) is 0 Å². The van der Waals surface area contributed by atoms with Gasteiger partial charge in [0.2, 0.25) is 0 Å². The summed E-state index contributed by atoms with van der Waals surface area (Å²) in [5, 5.41) is 3.58. The van der Waals surface area contributed by atoms with Gasteiger partial charge in [-0.3, -0.25) is 4.90 Å². The van der Waals surface area contributed by atoms with Crippen LogP contribution in [0.1, 0.15) is 59.8 Å². The molecule has 0 amide bonds. The van der Waals surface area contributed by atoms with Gasteiger partial charge in [0.1, 0.15) is 0 Å². The van der Waals surface area contributed by atoms with Gasteiger partial charge in [-0.15, -0.1) is 0 Å². The Morgan fingerprint density at radius 2 is 1.50 bits per heavy atom. The third kappa shape index (κ3) is 7.24. The van der Waals surface area contributed by atoms with E-state index < -0.39 is 0 Å². The molecule has 1 unspecified atom stereocenters. The molecule has 0 aliphatic carbocycles. The lowest BCUT2D eigenvalue weighted by Gasteiger charge is -2.31. The molecular weight excluding hydrogens is 196 g/mol. The van der Waals surface area contributed by atoms with Crippen LogP contribution in [-0.4, -0.2) is 37.1 Å². The third-order valence-electron chi connectivity index (χ3n) is 2.97. The molecule has 0 radical (unpaired) electrons. The van der Waals surface area contributed by atoms with Crippen molar-refractivity contribution in [1.82, 2.24) is 10.2 Å². The first-order chi connectivity index (χ1) is 7.79. The standard InChI is InChI=1S/C14H32N2/c1-5-9-14(13-15-10-6-2)16(11-7-3)12-8-4/h14-15H,5-13H2,1-4H3. The minimum atomic E-state index is 0.747. The third-order valence-corrected chi connectivity index (χ3v) is 2.97. The maximum Gasteiger partial charge on any atom is 0.0220 e. The van der Waals surface area contributed by atoms with Crippen LogP contribution in [-0.2, 0) is 0 Å². The molecule has 0 aromatic carbocycles. The van der Waals surface area contributed by atoms with Crippen LogP contribution in [0.3, 0.4) is 0 Å². The lowest BCUT2D eigenvalue weighted by atomic mass is 10.1. The molecule has 0 saturated carbocycles. The van der Waals surface area contributed by atoms with Gasteiger partial charge in [-0.2, -0.15) is 0 Å². The minimum Gasteiger partial charge on any atom is -0.315 e. The van der Waals surface area contributed by atoms with E-state index >= 15 is 0 Å². The fourth-order valence-corrected chi connectivity index (χ4v) is 2.24. The van der Waals surface area contributed by atoms with Crippen molar-refractivity contribution in [3.05, 3.63) is 0 Å². The lowest BCUT2D eigenvalue weighted by molar-refractivity contribution is 0.181. The maximum atomic E-state index is 3.58. The zero-order valence-corrected chi connectivity index (χ0v) is 11.9. The zero-order chi connectivity index (χ0) is 12.2. The Hall–Kier alpha value is -0.0800. The van der Waals surface area contributed by atoms with E-state index in [1.807, 2.05) is 0 Å². The molecule has 0 aliphatic heterocycles. The molecule has 0 aromatic rings. The van der Waals surface area contributed by atoms with E-state index in [1.54, 1.807) is 0 Å². The van der Waals surface area contributed by atoms with Gasteiger partial charge in [0.05, 0.1) is 0 Å². The highest BCUT2D eigenvalue weighted by Crippen LogP contribution is 2.08. The van der Waals surface area contributed by atoms with E-state index in [1.165, 1.54) is 51.7 Å². The summed E-state index contributed by atoms with van der Waals surface area (Å²) < 4.78 is 0. The summed E-state index contributed by atoms with van der Waals surface area (Å²) in [5.41, 5.74) is 0. The first-order valence-corrected chi connectivity index (χ1v) is 7.24. The van der Waals surface area contributed by atoms with Crippen molar-refractivity contribution in [3.8, 4) is 0 Å². The monoisotopic (exact) mass is 228 g/mol. The normalized spacial score (nSPS) is 13.3. The van der Waals surface area contributed by atoms with Crippen molar-refractivity contribution >= 4 is 0 Å². The molecule has 2 nitrogen and oxygen atoms in total. The van der Waals surface area contributed by atoms with Crippen LogP contribution < -0.4 is 5.32 Å². The van der Waals surface area contributed by atoms with Crippen LogP contribution in [0.5, 0.6) is 0 Å². The average Bonchev–Trinajstić information content (AvgIpc) is 2.28. The van der Waals surface area contributed by atoms with Gasteiger partial charge in [-0.25, -0.2) is 0 Å². The first-order valence-electron chi connectivity index (χ1n) is 7.24. The van der Waals surface area contributed by atoms with Crippen molar-refractivity contribution < 1.29 is 0 Å². The Bertz CT molecular complexity index is 131. The van der Waals surface area contributed by atoms with Crippen molar-refractivity contribution in [2.45, 2.75) is 65.8 Å². The topological polar surface area (TPSA) is 15.3 Å². The van der Waals surface area contributed by atoms with Crippen LogP contribution in [0.2, 0.25) is 0 Å². The fourth-order valence-electron chi connectivity index (χ4n) is 2.24. The smallest absolute Gasteiger partial charge is 0.0220 e. The van der Waals surface area contributed by atoms with Gasteiger partial charge in [-0.05, 0) is 45.3 Å². The second kappa shape index (κ2) is 11.4. The van der Waals surface area contributed by atoms with E-state index in [-0.39, 0.29) is 0 Å². The predicted octanol–water partition coefficient (Wildman–Crippen LogP) is 3.28. The summed E-state index contributed by atoms with van der Waals surface area (Å²) in [7, 11) is 0. The van der Waals surface area contributed by atoms with Gasteiger partial charge in [0.25, 0.3) is 0 Å². The van der Waals surface area contributed by atoms with Gasteiger partial charge in [0, 0.05) is 12.6 Å². The van der Waals surface area contributed by atoms with Crippen molar-refractivity contribution in [3.63, 3.8) is 0 Å². The second-order valence-corrected chi connectivity index (χ2v) is 4.68. The molecule has 1 N–H and O–H groups in total. The maximum absolute atomic E-state index is 3.58. The molecule has 16 heavy (non-hydrogen) atoms. The van der Waals surface area contributed by atoms with Crippen molar-refractivity contribution in [2.75, 3.05) is 26.2 Å². The average molecular weight is 228 g/mol. The van der Waals surface area contributed by atoms with Crippen molar-refractivity contribution in [2.24, 2.45) is 0 Å². The van der Waals surface area contributed by atoms with E-state index in [9.17, 15) is 0 Å². The van der Waals surface area contributed by atoms with E-state index in [0.717, 1.165) is 12.6 Å². The molecule has 0 saturated heterocycles. The molecule has 0 fully saturated rings. The SMILES string of the molecule is CCCNCC(CCC)N(CCC)CCC. The molecule has 2 heteroatoms. The largest absolute Gasteiger partial charge is 0.315 e. The first kappa shape index (κ1) is 15.9. The summed E-state index contributed by atoms with van der Waals surface area (Å²) >= 11 is 0. The molecular formula is C14H32N2. The minimum absolute atomic E-state index is 0.747. The quantitative estimate of drug-likeness (QED) is 0.546. The van der Waals surface area contributed by atoms with Gasteiger partial charge in [-0.1, -0.05) is 34.1 Å². The second-order valence-electron chi connectivity index (χ2n) is 4.68. The lowest BCUT2D eigenvalue weighted by Crippen LogP contribution is -2.43. The Labute approximate surface area is 103 Å². The number of nitrogens with zero attached hydrogens (tertiary/aromatic N) is 1. The van der Waals surface area contributed by atoms with E-state index in [4.69, 9.17) is 0 Å². The summed E-state index contributed by atoms with van der Waals surface area (Å²) in [6.45, 7) is 13.9. The molecule has 98 valence electrons. The van der Waals surface area contributed by atoms with Crippen molar-refractivity contribution in [1.29, 1.82) is 0 Å². The Kier molecular flexibility index (Phi) is 11.3. The van der Waals surface area contributed by atoms with Gasteiger partial charge < -0.3 is 5.32 Å². The highest BCUT2D eigenvalue weighted by molar-refractivity contribution is 4.73. The number of rotatable bonds is 11. The summed E-state index contributed by atoms with van der Waals surface area (Å²) in [4.78, 5) is 2.67. The zero-order valence-electron chi connectivity index (χ0n) is 11.9. The van der Waals surface area contributed by atoms with Crippen LogP contribution >= 0.6 is 0 Å². The highest BCUT2D eigenvalue weighted by Gasteiger charge is 2.15. The Morgan fingerprint density at radius 3 is 1.94 bits per heavy atom. The van der Waals surface area contributed by atoms with E-state index in [0.29, 0.717) is 0 Å². The molecule has 0 rings (SSSR count). The fraction of sp³-hybridized carbons (Fsp3) is 1.00. The van der Waals surface area contributed by atoms with Crippen LogP contribution in [0.4, 0.5) is 0 Å². The Morgan fingerprint density at radius 1 is 0.875 bits per heavy atom. The predicted molar refractivity (Wildman–Crippen MR) is 74.0 cm³/mol. The number of hydrogen-bond acceptors (Lipinski definition) is 2. The van der Waals surface area contributed by atoms with Crippen LogP contribution in [0.15, 0.2) is 0 Å².